The van der Waals surface area contributed by atoms with Crippen LogP contribution in [-0.4, -0.2) is 43.3 Å². The number of nitrogens with zero attached hydrogens (tertiary/aromatic N) is 1. The minimum absolute atomic E-state index is 0.137. The molecular weight excluding hydrogens is 240 g/mol. The van der Waals surface area contributed by atoms with E-state index in [1.54, 1.807) is 0 Å². The van der Waals surface area contributed by atoms with Crippen LogP contribution in [0.1, 0.15) is 46.0 Å². The van der Waals surface area contributed by atoms with Gasteiger partial charge in [0.05, 0.1) is 6.61 Å². The predicted molar refractivity (Wildman–Crippen MR) is 76.1 cm³/mol. The van der Waals surface area contributed by atoms with Crippen molar-refractivity contribution in [3.8, 4) is 0 Å². The Morgan fingerprint density at radius 3 is 2.68 bits per heavy atom. The van der Waals surface area contributed by atoms with Gasteiger partial charge in [-0.05, 0) is 51.0 Å². The molecule has 2 fully saturated rings. The molecule has 19 heavy (non-hydrogen) atoms. The lowest BCUT2D eigenvalue weighted by Crippen LogP contribution is -2.51. The monoisotopic (exact) mass is 268 g/mol. The summed E-state index contributed by atoms with van der Waals surface area (Å²) >= 11 is 0. The van der Waals surface area contributed by atoms with Crippen LogP contribution < -0.4 is 5.32 Å². The van der Waals surface area contributed by atoms with Crippen molar-refractivity contribution < 1.29 is 9.53 Å². The first-order chi connectivity index (χ1) is 9.22. The average molecular weight is 268 g/mol. The Morgan fingerprint density at radius 1 is 1.26 bits per heavy atom. The van der Waals surface area contributed by atoms with Gasteiger partial charge in [0, 0.05) is 19.1 Å². The summed E-state index contributed by atoms with van der Waals surface area (Å²) in [6.07, 6.45) is 6.21. The zero-order valence-electron chi connectivity index (χ0n) is 12.4. The van der Waals surface area contributed by atoms with Crippen LogP contribution in [0.4, 0.5) is 4.79 Å². The minimum Gasteiger partial charge on any atom is -0.450 e. The van der Waals surface area contributed by atoms with Crippen LogP contribution in [0.25, 0.3) is 0 Å². The van der Waals surface area contributed by atoms with Gasteiger partial charge in [0.25, 0.3) is 0 Å². The highest BCUT2D eigenvalue weighted by Crippen LogP contribution is 2.28. The highest BCUT2D eigenvalue weighted by Gasteiger charge is 2.31. The first kappa shape index (κ1) is 14.6. The first-order valence-corrected chi connectivity index (χ1v) is 7.88. The normalized spacial score (nSPS) is 27.4. The second-order valence-electron chi connectivity index (χ2n) is 6.04. The van der Waals surface area contributed by atoms with Crippen molar-refractivity contribution in [1.82, 2.24) is 10.2 Å². The van der Waals surface area contributed by atoms with Gasteiger partial charge in [-0.2, -0.15) is 0 Å². The van der Waals surface area contributed by atoms with Crippen molar-refractivity contribution in [3.63, 3.8) is 0 Å². The van der Waals surface area contributed by atoms with Crippen LogP contribution in [0.2, 0.25) is 0 Å². The molecule has 0 aromatic rings. The van der Waals surface area contributed by atoms with E-state index < -0.39 is 0 Å². The van der Waals surface area contributed by atoms with Gasteiger partial charge in [0.1, 0.15) is 0 Å². The number of carbonyl (C=O) groups is 1. The molecule has 2 atom stereocenters. The predicted octanol–water partition coefficient (Wildman–Crippen LogP) is 2.63. The Morgan fingerprint density at radius 2 is 2.05 bits per heavy atom. The maximum absolute atomic E-state index is 11.9. The third kappa shape index (κ3) is 4.68. The van der Waals surface area contributed by atoms with Crippen LogP contribution in [0, 0.1) is 11.8 Å². The SMILES string of the molecule is CCCC1CC(NCC2CC2)CN(C(=O)OCC)C1. The highest BCUT2D eigenvalue weighted by atomic mass is 16.6. The molecular formula is C15H28N2O2. The Labute approximate surface area is 116 Å². The van der Waals surface area contributed by atoms with Crippen molar-refractivity contribution in [3.05, 3.63) is 0 Å². The largest absolute Gasteiger partial charge is 0.450 e. The summed E-state index contributed by atoms with van der Waals surface area (Å²) < 4.78 is 5.15. The molecule has 1 saturated carbocycles. The van der Waals surface area contributed by atoms with E-state index >= 15 is 0 Å². The number of carbonyl (C=O) groups excluding carboxylic acids is 1. The molecule has 1 heterocycles. The Balaban J connectivity index is 1.85. The molecule has 0 bridgehead atoms. The van der Waals surface area contributed by atoms with Gasteiger partial charge in [-0.25, -0.2) is 4.79 Å². The second-order valence-corrected chi connectivity index (χ2v) is 6.04. The number of ether oxygens (including phenoxy) is 1. The van der Waals surface area contributed by atoms with E-state index in [0.29, 0.717) is 18.6 Å². The van der Waals surface area contributed by atoms with Crippen molar-refractivity contribution >= 4 is 6.09 Å². The second kappa shape index (κ2) is 7.13. The van der Waals surface area contributed by atoms with Crippen LogP contribution >= 0.6 is 0 Å². The summed E-state index contributed by atoms with van der Waals surface area (Å²) in [5.74, 6) is 1.52. The fourth-order valence-corrected chi connectivity index (χ4v) is 2.99. The van der Waals surface area contributed by atoms with Gasteiger partial charge < -0.3 is 15.0 Å². The maximum Gasteiger partial charge on any atom is 0.409 e. The van der Waals surface area contributed by atoms with Gasteiger partial charge in [0.15, 0.2) is 0 Å². The Kier molecular flexibility index (Phi) is 5.49. The van der Waals surface area contributed by atoms with E-state index in [2.05, 4.69) is 12.2 Å². The van der Waals surface area contributed by atoms with Gasteiger partial charge in [-0.15, -0.1) is 0 Å². The molecule has 4 heteroatoms. The van der Waals surface area contributed by atoms with Gasteiger partial charge in [-0.1, -0.05) is 13.3 Å². The summed E-state index contributed by atoms with van der Waals surface area (Å²) in [4.78, 5) is 13.8. The Hall–Kier alpha value is -0.770. The molecule has 1 aliphatic heterocycles. The smallest absolute Gasteiger partial charge is 0.409 e. The molecule has 1 saturated heterocycles. The summed E-state index contributed by atoms with van der Waals surface area (Å²) in [7, 11) is 0. The van der Waals surface area contributed by atoms with E-state index in [1.165, 1.54) is 32.1 Å². The third-order valence-electron chi connectivity index (χ3n) is 4.15. The third-order valence-corrected chi connectivity index (χ3v) is 4.15. The van der Waals surface area contributed by atoms with E-state index in [4.69, 9.17) is 4.74 Å². The lowest BCUT2D eigenvalue weighted by molar-refractivity contribution is 0.0771. The minimum atomic E-state index is -0.137. The quantitative estimate of drug-likeness (QED) is 0.805. The fraction of sp³-hybridized carbons (Fsp3) is 0.933. The molecule has 0 radical (unpaired) electrons. The molecule has 0 aromatic heterocycles. The molecule has 110 valence electrons. The summed E-state index contributed by atoms with van der Waals surface area (Å²) in [5, 5.41) is 3.65. The number of amides is 1. The first-order valence-electron chi connectivity index (χ1n) is 7.88. The molecule has 0 spiro atoms. The van der Waals surface area contributed by atoms with Crippen molar-refractivity contribution in [1.29, 1.82) is 0 Å². The van der Waals surface area contributed by atoms with Crippen molar-refractivity contribution in [2.24, 2.45) is 11.8 Å². The van der Waals surface area contributed by atoms with Crippen LogP contribution in [-0.2, 0) is 4.74 Å². The maximum atomic E-state index is 11.9. The molecule has 1 amide bonds. The highest BCUT2D eigenvalue weighted by molar-refractivity contribution is 5.67. The summed E-state index contributed by atoms with van der Waals surface area (Å²) in [6.45, 7) is 7.36. The van der Waals surface area contributed by atoms with Crippen LogP contribution in [0.15, 0.2) is 0 Å². The average Bonchev–Trinajstić information content (AvgIpc) is 3.21. The number of nitrogens with one attached hydrogen (secondary N) is 1. The number of piperidine rings is 1. The molecule has 1 N–H and O–H groups in total. The van der Waals surface area contributed by atoms with E-state index in [0.717, 1.165) is 25.6 Å². The lowest BCUT2D eigenvalue weighted by atomic mass is 9.90. The summed E-state index contributed by atoms with van der Waals surface area (Å²) in [5.41, 5.74) is 0. The zero-order valence-corrected chi connectivity index (χ0v) is 12.4. The topological polar surface area (TPSA) is 41.6 Å². The van der Waals surface area contributed by atoms with Gasteiger partial charge in [0.2, 0.25) is 0 Å². The lowest BCUT2D eigenvalue weighted by Gasteiger charge is -2.37. The molecule has 2 aliphatic rings. The van der Waals surface area contributed by atoms with Crippen molar-refractivity contribution in [2.75, 3.05) is 26.2 Å². The van der Waals surface area contributed by atoms with Crippen LogP contribution in [0.3, 0.4) is 0 Å². The van der Waals surface area contributed by atoms with Gasteiger partial charge in [-0.3, -0.25) is 0 Å². The molecule has 4 nitrogen and oxygen atoms in total. The number of likely N-dealkylation sites (tertiary alicyclic amines) is 1. The molecule has 1 aliphatic carbocycles. The molecule has 0 aromatic carbocycles. The van der Waals surface area contributed by atoms with Gasteiger partial charge >= 0.3 is 6.09 Å². The number of hydrogen-bond acceptors (Lipinski definition) is 3. The molecule has 2 rings (SSSR count). The zero-order chi connectivity index (χ0) is 13.7. The molecule has 2 unspecified atom stereocenters. The number of rotatable bonds is 6. The van der Waals surface area contributed by atoms with E-state index in [-0.39, 0.29) is 6.09 Å². The van der Waals surface area contributed by atoms with Crippen molar-refractivity contribution in [2.45, 2.75) is 52.0 Å². The van der Waals surface area contributed by atoms with E-state index in [9.17, 15) is 4.79 Å². The van der Waals surface area contributed by atoms with E-state index in [1.807, 2.05) is 11.8 Å². The van der Waals surface area contributed by atoms with Crippen LogP contribution in [0.5, 0.6) is 0 Å². The fourth-order valence-electron chi connectivity index (χ4n) is 2.99. The summed E-state index contributed by atoms with van der Waals surface area (Å²) in [6, 6.07) is 0.454. The standard InChI is InChI=1S/C15H28N2O2/c1-3-5-13-8-14(16-9-12-6-7-12)11-17(10-13)15(18)19-4-2/h12-14,16H,3-11H2,1-2H3. The number of hydrogen-bond donors (Lipinski definition) is 1. The Bertz CT molecular complexity index is 292.